The topological polar surface area (TPSA) is 63.8 Å². The molecule has 0 atom stereocenters. The predicted octanol–water partition coefficient (Wildman–Crippen LogP) is 3.26. The molecule has 0 aliphatic heterocycles. The molecule has 5 nitrogen and oxygen atoms in total. The largest absolute Gasteiger partial charge is 0.487 e. The van der Waals surface area contributed by atoms with Gasteiger partial charge < -0.3 is 9.84 Å². The Hall–Kier alpha value is -2.53. The van der Waals surface area contributed by atoms with Gasteiger partial charge in [-0.2, -0.15) is 0 Å². The molecule has 0 radical (unpaired) electrons. The predicted molar refractivity (Wildman–Crippen MR) is 77.9 cm³/mol. The second-order valence-electron chi connectivity index (χ2n) is 4.41. The van der Waals surface area contributed by atoms with Gasteiger partial charge in [0.1, 0.15) is 17.9 Å². The van der Waals surface area contributed by atoms with Crippen molar-refractivity contribution in [2.24, 2.45) is 0 Å². The molecule has 6 heteroatoms. The van der Waals surface area contributed by atoms with Gasteiger partial charge in [-0.1, -0.05) is 11.6 Å². The Kier molecular flexibility index (Phi) is 3.50. The molecule has 1 aromatic carbocycles. The zero-order valence-corrected chi connectivity index (χ0v) is 11.6. The number of benzene rings is 1. The molecule has 2 heterocycles. The first-order valence-electron chi connectivity index (χ1n) is 6.22. The van der Waals surface area contributed by atoms with Crippen molar-refractivity contribution in [3.63, 3.8) is 0 Å². The highest BCUT2D eigenvalue weighted by molar-refractivity contribution is 6.30. The average molecular weight is 303 g/mol. The number of carboxylic acid groups (broad SMARTS) is 1. The molecule has 3 rings (SSSR count). The molecule has 106 valence electrons. The third-order valence-electron chi connectivity index (χ3n) is 3.04. The summed E-state index contributed by atoms with van der Waals surface area (Å²) in [6.45, 7) is 0.284. The van der Waals surface area contributed by atoms with Crippen LogP contribution >= 0.6 is 11.6 Å². The van der Waals surface area contributed by atoms with Crippen molar-refractivity contribution in [3.8, 4) is 5.75 Å². The van der Waals surface area contributed by atoms with Crippen LogP contribution in [0.2, 0.25) is 5.02 Å². The fourth-order valence-electron chi connectivity index (χ4n) is 2.02. The van der Waals surface area contributed by atoms with E-state index in [0.29, 0.717) is 16.4 Å². The van der Waals surface area contributed by atoms with Crippen LogP contribution in [0, 0.1) is 0 Å². The van der Waals surface area contributed by atoms with Crippen LogP contribution in [0.3, 0.4) is 0 Å². The van der Waals surface area contributed by atoms with Gasteiger partial charge in [-0.05, 0) is 36.4 Å². The number of rotatable bonds is 4. The van der Waals surface area contributed by atoms with E-state index in [-0.39, 0.29) is 12.2 Å². The summed E-state index contributed by atoms with van der Waals surface area (Å²) in [5.74, 6) is -0.319. The molecule has 0 fully saturated rings. The number of carbonyl (C=O) groups is 1. The summed E-state index contributed by atoms with van der Waals surface area (Å²) in [7, 11) is 0. The minimum Gasteiger partial charge on any atom is -0.487 e. The summed E-state index contributed by atoms with van der Waals surface area (Å²) in [6.07, 6.45) is 3.37. The Morgan fingerprint density at radius 1 is 1.29 bits per heavy atom. The van der Waals surface area contributed by atoms with Gasteiger partial charge in [-0.15, -0.1) is 0 Å². The lowest BCUT2D eigenvalue weighted by atomic mass is 10.3. The first kappa shape index (κ1) is 13.5. The summed E-state index contributed by atoms with van der Waals surface area (Å²) >= 11 is 5.81. The number of pyridine rings is 1. The molecule has 0 spiro atoms. The van der Waals surface area contributed by atoms with Gasteiger partial charge in [-0.25, -0.2) is 9.78 Å². The number of fused-ring (bicyclic) bond motifs is 1. The van der Waals surface area contributed by atoms with Gasteiger partial charge in [-0.3, -0.25) is 4.40 Å². The van der Waals surface area contributed by atoms with E-state index < -0.39 is 5.97 Å². The van der Waals surface area contributed by atoms with Crippen molar-refractivity contribution in [2.45, 2.75) is 6.61 Å². The maximum absolute atomic E-state index is 11.1. The molecule has 2 aromatic heterocycles. The first-order chi connectivity index (χ1) is 10.1. The minimum absolute atomic E-state index is 0.162. The van der Waals surface area contributed by atoms with Crippen LogP contribution < -0.4 is 4.74 Å². The summed E-state index contributed by atoms with van der Waals surface area (Å²) in [5, 5.41) is 9.77. The van der Waals surface area contributed by atoms with Crippen LogP contribution in [-0.2, 0) is 6.61 Å². The molecule has 0 aliphatic carbocycles. The van der Waals surface area contributed by atoms with Gasteiger partial charge in [0.25, 0.3) is 0 Å². The van der Waals surface area contributed by atoms with Crippen molar-refractivity contribution in [1.29, 1.82) is 0 Å². The van der Waals surface area contributed by atoms with E-state index in [1.54, 1.807) is 47.1 Å². The maximum Gasteiger partial charge on any atom is 0.339 e. The van der Waals surface area contributed by atoms with Crippen molar-refractivity contribution >= 4 is 23.2 Å². The Labute approximate surface area is 125 Å². The van der Waals surface area contributed by atoms with Crippen LogP contribution in [0.4, 0.5) is 0 Å². The Morgan fingerprint density at radius 3 is 2.76 bits per heavy atom. The molecule has 1 N–H and O–H groups in total. The van der Waals surface area contributed by atoms with E-state index in [0.717, 1.165) is 5.69 Å². The molecule has 0 amide bonds. The Morgan fingerprint density at radius 2 is 2.05 bits per heavy atom. The second kappa shape index (κ2) is 5.46. The van der Waals surface area contributed by atoms with E-state index in [1.807, 2.05) is 0 Å². The average Bonchev–Trinajstić information content (AvgIpc) is 2.89. The van der Waals surface area contributed by atoms with Crippen LogP contribution in [-0.4, -0.2) is 20.5 Å². The normalized spacial score (nSPS) is 10.7. The lowest BCUT2D eigenvalue weighted by Gasteiger charge is -2.06. The fourth-order valence-corrected chi connectivity index (χ4v) is 2.15. The highest BCUT2D eigenvalue weighted by Crippen LogP contribution is 2.18. The molecule has 0 aliphatic rings. The number of imidazole rings is 1. The molecule has 0 bridgehead atoms. The lowest BCUT2D eigenvalue weighted by Crippen LogP contribution is -2.03. The van der Waals surface area contributed by atoms with Gasteiger partial charge in [0.15, 0.2) is 5.65 Å². The molecule has 0 unspecified atom stereocenters. The first-order valence-corrected chi connectivity index (χ1v) is 6.59. The van der Waals surface area contributed by atoms with Gasteiger partial charge in [0.2, 0.25) is 0 Å². The van der Waals surface area contributed by atoms with Gasteiger partial charge >= 0.3 is 5.97 Å². The zero-order chi connectivity index (χ0) is 14.8. The highest BCUT2D eigenvalue weighted by atomic mass is 35.5. The standard InChI is InChI=1S/C15H11ClN2O3/c16-10-3-5-12(6-4-10)21-9-11-8-17-14-13(15(19)20)2-1-7-18(11)14/h1-8H,9H2,(H,19,20). The van der Waals surface area contributed by atoms with Crippen LogP contribution in [0.5, 0.6) is 5.75 Å². The summed E-state index contributed by atoms with van der Waals surface area (Å²) in [5.41, 5.74) is 1.33. The number of aromatic nitrogens is 2. The smallest absolute Gasteiger partial charge is 0.339 e. The molecule has 0 saturated heterocycles. The number of hydrogen-bond acceptors (Lipinski definition) is 3. The van der Waals surface area contributed by atoms with Crippen LogP contribution in [0.15, 0.2) is 48.8 Å². The zero-order valence-electron chi connectivity index (χ0n) is 10.9. The van der Waals surface area contributed by atoms with Crippen molar-refractivity contribution < 1.29 is 14.6 Å². The fraction of sp³-hybridized carbons (Fsp3) is 0.0667. The Bertz CT molecular complexity index is 796. The number of aromatic carboxylic acids is 1. The number of ether oxygens (including phenoxy) is 1. The number of nitrogens with zero attached hydrogens (tertiary/aromatic N) is 2. The minimum atomic E-state index is -1.00. The second-order valence-corrected chi connectivity index (χ2v) is 4.85. The number of hydrogen-bond donors (Lipinski definition) is 1. The molecular weight excluding hydrogens is 292 g/mol. The lowest BCUT2D eigenvalue weighted by molar-refractivity contribution is 0.0698. The number of carboxylic acids is 1. The highest BCUT2D eigenvalue weighted by Gasteiger charge is 2.12. The van der Waals surface area contributed by atoms with E-state index in [1.165, 1.54) is 6.07 Å². The molecular formula is C15H11ClN2O3. The van der Waals surface area contributed by atoms with Crippen molar-refractivity contribution in [2.75, 3.05) is 0 Å². The van der Waals surface area contributed by atoms with Crippen LogP contribution in [0.25, 0.3) is 5.65 Å². The van der Waals surface area contributed by atoms with E-state index in [9.17, 15) is 4.79 Å². The van der Waals surface area contributed by atoms with Gasteiger partial charge in [0, 0.05) is 11.2 Å². The quantitative estimate of drug-likeness (QED) is 0.803. The summed E-state index contributed by atoms with van der Waals surface area (Å²) < 4.78 is 7.35. The molecule has 21 heavy (non-hydrogen) atoms. The van der Waals surface area contributed by atoms with Crippen LogP contribution in [0.1, 0.15) is 16.1 Å². The Balaban J connectivity index is 1.86. The molecule has 0 saturated carbocycles. The molecule has 3 aromatic rings. The van der Waals surface area contributed by atoms with E-state index in [4.69, 9.17) is 21.4 Å². The van der Waals surface area contributed by atoms with Crippen molar-refractivity contribution in [1.82, 2.24) is 9.38 Å². The third kappa shape index (κ3) is 2.68. The van der Waals surface area contributed by atoms with E-state index >= 15 is 0 Å². The summed E-state index contributed by atoms with van der Waals surface area (Å²) in [6, 6.07) is 10.2. The third-order valence-corrected chi connectivity index (χ3v) is 3.30. The monoisotopic (exact) mass is 302 g/mol. The number of halogens is 1. The SMILES string of the molecule is O=C(O)c1cccn2c(COc3ccc(Cl)cc3)cnc12. The van der Waals surface area contributed by atoms with E-state index in [2.05, 4.69) is 4.98 Å². The van der Waals surface area contributed by atoms with Gasteiger partial charge in [0.05, 0.1) is 11.9 Å². The summed E-state index contributed by atoms with van der Waals surface area (Å²) in [4.78, 5) is 15.3. The maximum atomic E-state index is 11.1. The van der Waals surface area contributed by atoms with Crippen molar-refractivity contribution in [3.05, 3.63) is 65.1 Å².